The molecule has 1 aromatic rings. The molecule has 1 N–H and O–H groups in total. The highest BCUT2D eigenvalue weighted by Gasteiger charge is 2.31. The van der Waals surface area contributed by atoms with Gasteiger partial charge in [-0.1, -0.05) is 11.6 Å². The van der Waals surface area contributed by atoms with E-state index in [4.69, 9.17) is 21.4 Å². The molecule has 0 spiro atoms. The number of sulfonamides is 1. The SMILES string of the molecule is COc1cc(S(=O)(=O)N2CCCN(C(C)=O)CC2)c(Cl)cc1C(=O)O. The van der Waals surface area contributed by atoms with Gasteiger partial charge in [-0.3, -0.25) is 4.79 Å². The van der Waals surface area contributed by atoms with E-state index < -0.39 is 16.0 Å². The molecule has 1 saturated heterocycles. The van der Waals surface area contributed by atoms with Crippen LogP contribution in [0.15, 0.2) is 17.0 Å². The number of hydrogen-bond acceptors (Lipinski definition) is 5. The first-order valence-corrected chi connectivity index (χ1v) is 9.36. The van der Waals surface area contributed by atoms with Gasteiger partial charge in [-0.15, -0.1) is 0 Å². The molecule has 1 fully saturated rings. The molecule has 8 nitrogen and oxygen atoms in total. The van der Waals surface area contributed by atoms with Gasteiger partial charge in [-0.2, -0.15) is 4.31 Å². The van der Waals surface area contributed by atoms with E-state index in [1.165, 1.54) is 18.3 Å². The van der Waals surface area contributed by atoms with Crippen molar-refractivity contribution < 1.29 is 27.9 Å². The summed E-state index contributed by atoms with van der Waals surface area (Å²) in [4.78, 5) is 24.1. The van der Waals surface area contributed by atoms with Crippen molar-refractivity contribution in [1.82, 2.24) is 9.21 Å². The molecule has 1 amide bonds. The third-order valence-electron chi connectivity index (χ3n) is 4.00. The van der Waals surface area contributed by atoms with Crippen LogP contribution < -0.4 is 4.74 Å². The van der Waals surface area contributed by atoms with Crippen molar-refractivity contribution in [3.05, 3.63) is 22.7 Å². The van der Waals surface area contributed by atoms with Crippen LogP contribution in [0.25, 0.3) is 0 Å². The largest absolute Gasteiger partial charge is 0.496 e. The number of carbonyl (C=O) groups is 2. The van der Waals surface area contributed by atoms with Crippen LogP contribution in [-0.2, 0) is 14.8 Å². The molecule has 0 aliphatic carbocycles. The van der Waals surface area contributed by atoms with Gasteiger partial charge in [0.25, 0.3) is 0 Å². The molecule has 1 aliphatic heterocycles. The highest BCUT2D eigenvalue weighted by molar-refractivity contribution is 7.89. The van der Waals surface area contributed by atoms with Crippen LogP contribution >= 0.6 is 11.6 Å². The Hall–Kier alpha value is -1.84. The van der Waals surface area contributed by atoms with Gasteiger partial charge < -0.3 is 14.7 Å². The van der Waals surface area contributed by atoms with E-state index >= 15 is 0 Å². The Kier molecular flexibility index (Phi) is 5.91. The second-order valence-electron chi connectivity index (χ2n) is 5.55. The zero-order valence-corrected chi connectivity index (χ0v) is 15.4. The highest BCUT2D eigenvalue weighted by Crippen LogP contribution is 2.32. The molecule has 0 aromatic heterocycles. The lowest BCUT2D eigenvalue weighted by atomic mass is 10.2. The lowest BCUT2D eigenvalue weighted by Crippen LogP contribution is -2.36. The fourth-order valence-electron chi connectivity index (χ4n) is 2.66. The first-order valence-electron chi connectivity index (χ1n) is 7.55. The second kappa shape index (κ2) is 7.59. The van der Waals surface area contributed by atoms with Crippen LogP contribution in [0, 0.1) is 0 Å². The van der Waals surface area contributed by atoms with E-state index in [1.54, 1.807) is 4.90 Å². The minimum absolute atomic E-state index is 0.0874. The summed E-state index contributed by atoms with van der Waals surface area (Å²) in [5, 5.41) is 8.96. The molecule has 138 valence electrons. The maximum atomic E-state index is 12.9. The topological polar surface area (TPSA) is 104 Å². The fraction of sp³-hybridized carbons (Fsp3) is 0.467. The Balaban J connectivity index is 2.39. The van der Waals surface area contributed by atoms with Crippen molar-refractivity contribution in [2.75, 3.05) is 33.3 Å². The number of nitrogens with zero attached hydrogens (tertiary/aromatic N) is 2. The van der Waals surface area contributed by atoms with Gasteiger partial charge in [0, 0.05) is 39.2 Å². The van der Waals surface area contributed by atoms with Crippen molar-refractivity contribution in [1.29, 1.82) is 0 Å². The van der Waals surface area contributed by atoms with Gasteiger partial charge in [-0.05, 0) is 12.5 Å². The summed E-state index contributed by atoms with van der Waals surface area (Å²) < 4.78 is 32.1. The Morgan fingerprint density at radius 2 is 1.88 bits per heavy atom. The summed E-state index contributed by atoms with van der Waals surface area (Å²) in [7, 11) is -2.70. The average molecular weight is 391 g/mol. The first-order chi connectivity index (χ1) is 11.7. The third-order valence-corrected chi connectivity index (χ3v) is 6.37. The molecule has 1 aliphatic rings. The average Bonchev–Trinajstić information content (AvgIpc) is 2.80. The monoisotopic (exact) mass is 390 g/mol. The van der Waals surface area contributed by atoms with Crippen LogP contribution in [0.4, 0.5) is 0 Å². The minimum Gasteiger partial charge on any atom is -0.496 e. The number of rotatable bonds is 4. The smallest absolute Gasteiger partial charge is 0.339 e. The van der Waals surface area contributed by atoms with E-state index in [2.05, 4.69) is 0 Å². The number of aromatic carboxylic acids is 1. The fourth-order valence-corrected chi connectivity index (χ4v) is 4.64. The van der Waals surface area contributed by atoms with Crippen LogP contribution in [0.3, 0.4) is 0 Å². The predicted octanol–water partition coefficient (Wildman–Crippen LogP) is 1.29. The first kappa shape index (κ1) is 19.5. The maximum Gasteiger partial charge on any atom is 0.339 e. The molecule has 0 atom stereocenters. The summed E-state index contributed by atoms with van der Waals surface area (Å²) in [5.41, 5.74) is -0.218. The number of amides is 1. The molecule has 0 unspecified atom stereocenters. The Morgan fingerprint density at radius 3 is 2.44 bits per heavy atom. The summed E-state index contributed by atoms with van der Waals surface area (Å²) in [5.74, 6) is -1.46. The van der Waals surface area contributed by atoms with Gasteiger partial charge in [0.1, 0.15) is 16.2 Å². The standard InChI is InChI=1S/C15H19ClN2O6S/c1-10(19)17-4-3-5-18(7-6-17)25(22,23)14-9-13(24-2)11(15(20)21)8-12(14)16/h8-9H,3-7H2,1-2H3,(H,20,21). The van der Waals surface area contributed by atoms with Gasteiger partial charge in [-0.25, -0.2) is 13.2 Å². The second-order valence-corrected chi connectivity index (χ2v) is 7.87. The molecule has 1 aromatic carbocycles. The maximum absolute atomic E-state index is 12.9. The van der Waals surface area contributed by atoms with Gasteiger partial charge in [0.2, 0.25) is 15.9 Å². The number of carbonyl (C=O) groups excluding carboxylic acids is 1. The van der Waals surface area contributed by atoms with Crippen LogP contribution in [0.5, 0.6) is 5.75 Å². The molecular formula is C15H19ClN2O6S. The van der Waals surface area contributed by atoms with Crippen molar-refractivity contribution in [3.63, 3.8) is 0 Å². The summed E-state index contributed by atoms with van der Waals surface area (Å²) >= 11 is 6.04. The van der Waals surface area contributed by atoms with Crippen molar-refractivity contribution >= 4 is 33.5 Å². The van der Waals surface area contributed by atoms with Crippen LogP contribution in [-0.4, -0.2) is 67.9 Å². The Morgan fingerprint density at radius 1 is 1.20 bits per heavy atom. The summed E-state index contributed by atoms with van der Waals surface area (Å²) in [6.07, 6.45) is 0.501. The lowest BCUT2D eigenvalue weighted by Gasteiger charge is -2.22. The quantitative estimate of drug-likeness (QED) is 0.830. The Bertz CT molecular complexity index is 795. The van der Waals surface area contributed by atoms with Gasteiger partial charge in [0.15, 0.2) is 0 Å². The number of ether oxygens (including phenoxy) is 1. The lowest BCUT2D eigenvalue weighted by molar-refractivity contribution is -0.128. The number of hydrogen-bond donors (Lipinski definition) is 1. The number of carboxylic acid groups (broad SMARTS) is 1. The van der Waals surface area contributed by atoms with E-state index in [9.17, 15) is 18.0 Å². The van der Waals surface area contributed by atoms with Crippen LogP contribution in [0.1, 0.15) is 23.7 Å². The van der Waals surface area contributed by atoms with Gasteiger partial charge >= 0.3 is 5.97 Å². The van der Waals surface area contributed by atoms with Crippen molar-refractivity contribution in [2.24, 2.45) is 0 Å². The van der Waals surface area contributed by atoms with Crippen molar-refractivity contribution in [2.45, 2.75) is 18.2 Å². The molecule has 0 radical (unpaired) electrons. The molecule has 0 bridgehead atoms. The molecule has 1 heterocycles. The zero-order chi connectivity index (χ0) is 18.8. The molecule has 0 saturated carbocycles. The minimum atomic E-state index is -3.95. The van der Waals surface area contributed by atoms with E-state index in [-0.39, 0.29) is 46.8 Å². The van der Waals surface area contributed by atoms with Crippen LogP contribution in [0.2, 0.25) is 5.02 Å². The number of carboxylic acids is 1. The normalized spacial score (nSPS) is 16.4. The molecule has 25 heavy (non-hydrogen) atoms. The summed E-state index contributed by atoms with van der Waals surface area (Å²) in [6, 6.07) is 2.18. The van der Waals surface area contributed by atoms with E-state index in [0.29, 0.717) is 13.0 Å². The van der Waals surface area contributed by atoms with E-state index in [0.717, 1.165) is 12.1 Å². The van der Waals surface area contributed by atoms with E-state index in [1.807, 2.05) is 0 Å². The van der Waals surface area contributed by atoms with Crippen molar-refractivity contribution in [3.8, 4) is 5.75 Å². The Labute approximate surface area is 151 Å². The molecule has 10 heteroatoms. The number of methoxy groups -OCH3 is 1. The third kappa shape index (κ3) is 4.05. The predicted molar refractivity (Wildman–Crippen MR) is 90.6 cm³/mol. The number of halogens is 1. The zero-order valence-electron chi connectivity index (χ0n) is 13.9. The summed E-state index contributed by atoms with van der Waals surface area (Å²) in [6.45, 7) is 2.59. The van der Waals surface area contributed by atoms with Gasteiger partial charge in [0.05, 0.1) is 12.1 Å². The highest BCUT2D eigenvalue weighted by atomic mass is 35.5. The molecular weight excluding hydrogens is 372 g/mol. The number of benzene rings is 1. The molecule has 2 rings (SSSR count).